The van der Waals surface area contributed by atoms with E-state index in [1.807, 2.05) is 84.3 Å². The highest BCUT2D eigenvalue weighted by atomic mass is 32.1. The number of fused-ring (bicyclic) bond motifs is 1. The van der Waals surface area contributed by atoms with Crippen molar-refractivity contribution in [3.8, 4) is 17.1 Å². The molecule has 5 aromatic rings. The molecule has 0 aliphatic carbocycles. The van der Waals surface area contributed by atoms with Crippen molar-refractivity contribution in [2.45, 2.75) is 25.9 Å². The van der Waals surface area contributed by atoms with E-state index in [2.05, 4.69) is 22.9 Å². The first-order valence-electron chi connectivity index (χ1n) is 13.5. The van der Waals surface area contributed by atoms with Gasteiger partial charge in [0.05, 0.1) is 29.7 Å². The van der Waals surface area contributed by atoms with E-state index in [1.165, 1.54) is 0 Å². The van der Waals surface area contributed by atoms with Crippen LogP contribution in [0.15, 0.2) is 97.1 Å². The van der Waals surface area contributed by atoms with Crippen LogP contribution in [-0.2, 0) is 13.0 Å². The third kappa shape index (κ3) is 6.44. The molecule has 7 nitrogen and oxygen atoms in total. The lowest BCUT2D eigenvalue weighted by molar-refractivity contribution is 0.0697. The molecule has 1 amide bonds. The van der Waals surface area contributed by atoms with Crippen LogP contribution in [0, 0.1) is 0 Å². The van der Waals surface area contributed by atoms with E-state index in [0.717, 1.165) is 27.7 Å². The molecule has 0 spiro atoms. The van der Waals surface area contributed by atoms with E-state index >= 15 is 0 Å². The van der Waals surface area contributed by atoms with E-state index in [0.29, 0.717) is 42.5 Å². The van der Waals surface area contributed by atoms with Gasteiger partial charge in [0.2, 0.25) is 0 Å². The summed E-state index contributed by atoms with van der Waals surface area (Å²) >= 11 is 4.46. The number of aromatic nitrogens is 2. The SMILES string of the molecule is CCOc1nc2ccc(C(=O)N[C@@H](CS)Cc3ccccc3)cc2n1Cc1ccc(-c2ccccc2C(=O)O)cc1. The molecule has 4 aromatic carbocycles. The maximum absolute atomic E-state index is 13.2. The number of carboxylic acids is 1. The average molecular weight is 566 g/mol. The fraction of sp³-hybridized carbons (Fsp3) is 0.182. The summed E-state index contributed by atoms with van der Waals surface area (Å²) in [5.74, 6) is -0.618. The van der Waals surface area contributed by atoms with Crippen LogP contribution in [0.1, 0.15) is 38.8 Å². The number of nitrogens with zero attached hydrogens (tertiary/aromatic N) is 2. The van der Waals surface area contributed by atoms with Crippen molar-refractivity contribution in [2.75, 3.05) is 12.4 Å². The molecule has 1 aromatic heterocycles. The monoisotopic (exact) mass is 565 g/mol. The Morgan fingerprint density at radius 2 is 1.68 bits per heavy atom. The highest BCUT2D eigenvalue weighted by Gasteiger charge is 2.18. The Bertz CT molecular complexity index is 1670. The lowest BCUT2D eigenvalue weighted by atomic mass is 9.99. The van der Waals surface area contributed by atoms with Gasteiger partial charge in [-0.25, -0.2) is 4.79 Å². The van der Waals surface area contributed by atoms with Gasteiger partial charge >= 0.3 is 5.97 Å². The van der Waals surface area contributed by atoms with E-state index in [4.69, 9.17) is 4.74 Å². The minimum absolute atomic E-state index is 0.113. The van der Waals surface area contributed by atoms with Gasteiger partial charge in [0.25, 0.3) is 11.9 Å². The van der Waals surface area contributed by atoms with Crippen molar-refractivity contribution in [3.05, 3.63) is 119 Å². The summed E-state index contributed by atoms with van der Waals surface area (Å²) in [5, 5.41) is 12.7. The molecule has 0 aliphatic heterocycles. The van der Waals surface area contributed by atoms with E-state index < -0.39 is 5.97 Å². The van der Waals surface area contributed by atoms with Crippen molar-refractivity contribution in [3.63, 3.8) is 0 Å². The standard InChI is InChI=1S/C33H31N3O4S/c1-2-40-33-35-29-17-16-25(31(37)34-26(21-41)18-22-8-4-3-5-9-22)19-30(29)36(33)20-23-12-14-24(15-13-23)27-10-6-7-11-28(27)32(38)39/h3-17,19,26,41H,2,18,20-21H2,1H3,(H,34,37)(H,38,39)/t26-/m1/s1. The molecule has 5 rings (SSSR count). The minimum atomic E-state index is -0.962. The fourth-order valence-corrected chi connectivity index (χ4v) is 5.08. The number of carbonyl (C=O) groups excluding carboxylic acids is 1. The molecule has 0 saturated carbocycles. The Labute approximate surface area is 244 Å². The maximum Gasteiger partial charge on any atom is 0.336 e. The number of carboxylic acid groups (broad SMARTS) is 1. The van der Waals surface area contributed by atoms with Crippen LogP contribution >= 0.6 is 12.6 Å². The predicted octanol–water partition coefficient (Wildman–Crippen LogP) is 6.12. The molecule has 1 atom stereocenters. The maximum atomic E-state index is 13.2. The molecular weight excluding hydrogens is 534 g/mol. The molecule has 0 saturated heterocycles. The van der Waals surface area contributed by atoms with Crippen LogP contribution in [-0.4, -0.2) is 44.9 Å². The van der Waals surface area contributed by atoms with Crippen LogP contribution in [0.4, 0.5) is 0 Å². The van der Waals surface area contributed by atoms with E-state index in [9.17, 15) is 14.7 Å². The topological polar surface area (TPSA) is 93.5 Å². The summed E-state index contributed by atoms with van der Waals surface area (Å²) < 4.78 is 7.81. The summed E-state index contributed by atoms with van der Waals surface area (Å²) in [5.41, 5.74) is 5.90. The van der Waals surface area contributed by atoms with Gasteiger partial charge in [-0.3, -0.25) is 9.36 Å². The number of nitrogens with one attached hydrogen (secondary N) is 1. The van der Waals surface area contributed by atoms with Gasteiger partial charge in [0.1, 0.15) is 0 Å². The number of rotatable bonds is 11. The van der Waals surface area contributed by atoms with Crippen LogP contribution < -0.4 is 10.1 Å². The van der Waals surface area contributed by atoms with Gasteiger partial charge in [-0.15, -0.1) is 0 Å². The molecule has 41 heavy (non-hydrogen) atoms. The molecule has 0 fully saturated rings. The van der Waals surface area contributed by atoms with Crippen molar-refractivity contribution < 1.29 is 19.4 Å². The number of hydrogen-bond donors (Lipinski definition) is 3. The first-order valence-corrected chi connectivity index (χ1v) is 14.1. The zero-order valence-electron chi connectivity index (χ0n) is 22.7. The summed E-state index contributed by atoms with van der Waals surface area (Å²) in [6.45, 7) is 2.82. The largest absolute Gasteiger partial charge is 0.478 e. The first-order chi connectivity index (χ1) is 20.0. The molecule has 1 heterocycles. The Kier molecular flexibility index (Phi) is 8.70. The lowest BCUT2D eigenvalue weighted by Gasteiger charge is -2.17. The molecule has 0 aliphatic rings. The molecule has 8 heteroatoms. The van der Waals surface area contributed by atoms with Crippen molar-refractivity contribution in [1.82, 2.24) is 14.9 Å². The highest BCUT2D eigenvalue weighted by molar-refractivity contribution is 7.80. The number of hydrogen-bond acceptors (Lipinski definition) is 5. The second-order valence-electron chi connectivity index (χ2n) is 9.71. The van der Waals surface area contributed by atoms with Crippen LogP contribution in [0.25, 0.3) is 22.2 Å². The summed E-state index contributed by atoms with van der Waals surface area (Å²) in [4.78, 5) is 29.6. The van der Waals surface area contributed by atoms with Gasteiger partial charge < -0.3 is 15.2 Å². The molecule has 208 valence electrons. The third-order valence-corrected chi connectivity index (χ3v) is 7.33. The summed E-state index contributed by atoms with van der Waals surface area (Å²) in [6.07, 6.45) is 0.692. The Morgan fingerprint density at radius 1 is 0.951 bits per heavy atom. The molecular formula is C33H31N3O4S. The fourth-order valence-electron chi connectivity index (χ4n) is 4.86. The van der Waals surface area contributed by atoms with Gasteiger partial charge in [0.15, 0.2) is 0 Å². The highest BCUT2D eigenvalue weighted by Crippen LogP contribution is 2.27. The minimum Gasteiger partial charge on any atom is -0.478 e. The Hall–Kier alpha value is -4.56. The number of benzene rings is 4. The van der Waals surface area contributed by atoms with E-state index in [1.54, 1.807) is 24.3 Å². The molecule has 0 unspecified atom stereocenters. The van der Waals surface area contributed by atoms with Gasteiger partial charge in [-0.2, -0.15) is 17.6 Å². The second-order valence-corrected chi connectivity index (χ2v) is 10.1. The quantitative estimate of drug-likeness (QED) is 0.168. The lowest BCUT2D eigenvalue weighted by Crippen LogP contribution is -2.37. The zero-order valence-corrected chi connectivity index (χ0v) is 23.6. The summed E-state index contributed by atoms with van der Waals surface area (Å²) in [6, 6.07) is 30.6. The number of carbonyl (C=O) groups is 2. The van der Waals surface area contributed by atoms with Gasteiger partial charge in [0, 0.05) is 17.4 Å². The summed E-state index contributed by atoms with van der Waals surface area (Å²) in [7, 11) is 0. The van der Waals surface area contributed by atoms with Crippen molar-refractivity contribution >= 4 is 35.5 Å². The van der Waals surface area contributed by atoms with Crippen molar-refractivity contribution in [2.24, 2.45) is 0 Å². The number of thiol groups is 1. The second kappa shape index (κ2) is 12.7. The third-order valence-electron chi connectivity index (χ3n) is 6.89. The van der Waals surface area contributed by atoms with Crippen LogP contribution in [0.3, 0.4) is 0 Å². The zero-order chi connectivity index (χ0) is 28.8. The van der Waals surface area contributed by atoms with Crippen LogP contribution in [0.2, 0.25) is 0 Å². The van der Waals surface area contributed by atoms with E-state index in [-0.39, 0.29) is 17.5 Å². The number of amides is 1. The Morgan fingerprint density at radius 3 is 2.39 bits per heavy atom. The number of imidazole rings is 1. The molecule has 2 N–H and O–H groups in total. The van der Waals surface area contributed by atoms with Gasteiger partial charge in [-0.05, 0) is 59.9 Å². The Balaban J connectivity index is 1.40. The first kappa shape index (κ1) is 28.0. The average Bonchev–Trinajstić information content (AvgIpc) is 3.33. The number of ether oxygens (including phenoxy) is 1. The smallest absolute Gasteiger partial charge is 0.336 e. The molecule has 0 bridgehead atoms. The number of aromatic carboxylic acids is 1. The normalized spacial score (nSPS) is 11.8. The predicted molar refractivity (Wildman–Crippen MR) is 164 cm³/mol. The van der Waals surface area contributed by atoms with Gasteiger partial charge in [-0.1, -0.05) is 72.8 Å². The molecule has 0 radical (unpaired) electrons. The van der Waals surface area contributed by atoms with Crippen LogP contribution in [0.5, 0.6) is 6.01 Å². The van der Waals surface area contributed by atoms with Crippen molar-refractivity contribution in [1.29, 1.82) is 0 Å².